The van der Waals surface area contributed by atoms with Crippen LogP contribution in [-0.4, -0.2) is 19.4 Å². The molecule has 0 saturated carbocycles. The number of thiocarbonyl (C=S) groups is 1. The third kappa shape index (κ3) is 4.01. The molecule has 4 nitrogen and oxygen atoms in total. The quantitative estimate of drug-likeness (QED) is 0.797. The van der Waals surface area contributed by atoms with Gasteiger partial charge in [-0.2, -0.15) is 0 Å². The van der Waals surface area contributed by atoms with Crippen LogP contribution in [0, 0.1) is 5.92 Å². The standard InChI is InChI=1S/C11H15BrN2O2S2/c1-7(2)10(11(13)17)14-18(15,16)9-5-3-4-8(12)6-9/h3-7,10,14H,1-2H3,(H2,13,17). The van der Waals surface area contributed by atoms with Gasteiger partial charge in [-0.25, -0.2) is 13.1 Å². The lowest BCUT2D eigenvalue weighted by molar-refractivity contribution is 0.526. The maximum atomic E-state index is 12.2. The van der Waals surface area contributed by atoms with Gasteiger partial charge < -0.3 is 5.73 Å². The summed E-state index contributed by atoms with van der Waals surface area (Å²) in [5.74, 6) is -0.00979. The Bertz CT molecular complexity index is 544. The lowest BCUT2D eigenvalue weighted by atomic mass is 10.1. The number of halogens is 1. The SMILES string of the molecule is CC(C)C(NS(=O)(=O)c1cccc(Br)c1)C(N)=S. The molecular formula is C11H15BrN2O2S2. The topological polar surface area (TPSA) is 72.2 Å². The molecule has 0 heterocycles. The van der Waals surface area contributed by atoms with Crippen molar-refractivity contribution in [3.05, 3.63) is 28.7 Å². The molecule has 3 N–H and O–H groups in total. The summed E-state index contributed by atoms with van der Waals surface area (Å²) in [6.07, 6.45) is 0. The average Bonchev–Trinajstić information content (AvgIpc) is 2.25. The minimum absolute atomic E-state index is 0.00979. The van der Waals surface area contributed by atoms with Crippen LogP contribution in [0.3, 0.4) is 0 Å². The van der Waals surface area contributed by atoms with Crippen LogP contribution >= 0.6 is 28.1 Å². The van der Waals surface area contributed by atoms with Crippen molar-refractivity contribution in [2.24, 2.45) is 11.7 Å². The Kier molecular flexibility index (Phi) is 5.27. The van der Waals surface area contributed by atoms with E-state index in [1.807, 2.05) is 13.8 Å². The number of hydrogen-bond donors (Lipinski definition) is 2. The highest BCUT2D eigenvalue weighted by Gasteiger charge is 2.24. The van der Waals surface area contributed by atoms with Gasteiger partial charge in [-0.15, -0.1) is 0 Å². The van der Waals surface area contributed by atoms with Gasteiger partial charge in [0, 0.05) is 4.47 Å². The van der Waals surface area contributed by atoms with E-state index in [0.717, 1.165) is 0 Å². The van der Waals surface area contributed by atoms with Gasteiger partial charge in [-0.3, -0.25) is 0 Å². The number of hydrogen-bond acceptors (Lipinski definition) is 3. The second-order valence-electron chi connectivity index (χ2n) is 4.20. The van der Waals surface area contributed by atoms with Crippen LogP contribution in [-0.2, 0) is 10.0 Å². The molecule has 100 valence electrons. The highest BCUT2D eigenvalue weighted by Crippen LogP contribution is 2.17. The van der Waals surface area contributed by atoms with E-state index in [1.54, 1.807) is 12.1 Å². The summed E-state index contributed by atoms with van der Waals surface area (Å²) < 4.78 is 27.5. The molecule has 0 spiro atoms. The molecule has 1 aromatic rings. The molecule has 0 aliphatic carbocycles. The third-order valence-corrected chi connectivity index (χ3v) is 4.55. The van der Waals surface area contributed by atoms with Crippen LogP contribution in [0.2, 0.25) is 0 Å². The maximum absolute atomic E-state index is 12.2. The molecule has 0 fully saturated rings. The largest absolute Gasteiger partial charge is 0.392 e. The summed E-state index contributed by atoms with van der Waals surface area (Å²) in [6.45, 7) is 3.71. The number of rotatable bonds is 5. The Morgan fingerprint density at radius 2 is 2.06 bits per heavy atom. The van der Waals surface area contributed by atoms with Crippen LogP contribution in [0.25, 0.3) is 0 Å². The van der Waals surface area contributed by atoms with E-state index in [9.17, 15) is 8.42 Å². The van der Waals surface area contributed by atoms with Gasteiger partial charge >= 0.3 is 0 Å². The van der Waals surface area contributed by atoms with Crippen molar-refractivity contribution in [1.29, 1.82) is 0 Å². The molecule has 7 heteroatoms. The molecule has 0 saturated heterocycles. The van der Waals surface area contributed by atoms with E-state index < -0.39 is 16.1 Å². The van der Waals surface area contributed by atoms with Crippen molar-refractivity contribution in [1.82, 2.24) is 4.72 Å². The van der Waals surface area contributed by atoms with Crippen molar-refractivity contribution in [3.8, 4) is 0 Å². The predicted molar refractivity (Wildman–Crippen MR) is 79.9 cm³/mol. The highest BCUT2D eigenvalue weighted by atomic mass is 79.9. The molecule has 0 aliphatic rings. The van der Waals surface area contributed by atoms with Gasteiger partial charge in [-0.05, 0) is 24.1 Å². The first-order valence-electron chi connectivity index (χ1n) is 5.31. The number of benzene rings is 1. The van der Waals surface area contributed by atoms with E-state index in [4.69, 9.17) is 18.0 Å². The zero-order chi connectivity index (χ0) is 13.9. The Morgan fingerprint density at radius 3 is 2.50 bits per heavy atom. The Balaban J connectivity index is 3.05. The second kappa shape index (κ2) is 6.10. The average molecular weight is 351 g/mol. The summed E-state index contributed by atoms with van der Waals surface area (Å²) in [5, 5.41) is 0. The zero-order valence-electron chi connectivity index (χ0n) is 10.1. The van der Waals surface area contributed by atoms with E-state index in [0.29, 0.717) is 4.47 Å². The Hall–Kier alpha value is -0.500. The van der Waals surface area contributed by atoms with Crippen molar-refractivity contribution in [3.63, 3.8) is 0 Å². The molecule has 1 atom stereocenters. The molecule has 18 heavy (non-hydrogen) atoms. The fourth-order valence-electron chi connectivity index (χ4n) is 1.39. The van der Waals surface area contributed by atoms with Crippen LogP contribution in [0.15, 0.2) is 33.6 Å². The lowest BCUT2D eigenvalue weighted by Crippen LogP contribution is -2.46. The second-order valence-corrected chi connectivity index (χ2v) is 7.30. The lowest BCUT2D eigenvalue weighted by Gasteiger charge is -2.20. The fraction of sp³-hybridized carbons (Fsp3) is 0.364. The molecule has 1 aromatic carbocycles. The van der Waals surface area contributed by atoms with Gasteiger partial charge in [0.1, 0.15) is 0 Å². The molecule has 1 rings (SSSR count). The molecule has 0 aromatic heterocycles. The van der Waals surface area contributed by atoms with E-state index in [1.165, 1.54) is 12.1 Å². The summed E-state index contributed by atoms with van der Waals surface area (Å²) >= 11 is 8.11. The summed E-state index contributed by atoms with van der Waals surface area (Å²) in [5.41, 5.74) is 5.55. The number of nitrogens with two attached hydrogens (primary N) is 1. The molecule has 0 amide bonds. The van der Waals surface area contributed by atoms with Crippen LogP contribution in [0.1, 0.15) is 13.8 Å². The highest BCUT2D eigenvalue weighted by molar-refractivity contribution is 9.10. The van der Waals surface area contributed by atoms with Crippen molar-refractivity contribution in [2.45, 2.75) is 24.8 Å². The molecular weight excluding hydrogens is 336 g/mol. The summed E-state index contributed by atoms with van der Waals surface area (Å²) in [6, 6.07) is 5.91. The van der Waals surface area contributed by atoms with Crippen LogP contribution < -0.4 is 10.5 Å². The van der Waals surface area contributed by atoms with Gasteiger partial charge in [0.15, 0.2) is 0 Å². The van der Waals surface area contributed by atoms with Crippen molar-refractivity contribution >= 4 is 43.2 Å². The predicted octanol–water partition coefficient (Wildman–Crippen LogP) is 2.04. The van der Waals surface area contributed by atoms with E-state index in [-0.39, 0.29) is 15.8 Å². The zero-order valence-corrected chi connectivity index (χ0v) is 13.3. The van der Waals surface area contributed by atoms with Crippen molar-refractivity contribution in [2.75, 3.05) is 0 Å². The van der Waals surface area contributed by atoms with E-state index in [2.05, 4.69) is 20.7 Å². The third-order valence-electron chi connectivity index (χ3n) is 2.36. The maximum Gasteiger partial charge on any atom is 0.241 e. The monoisotopic (exact) mass is 350 g/mol. The van der Waals surface area contributed by atoms with Gasteiger partial charge in [0.25, 0.3) is 0 Å². The summed E-state index contributed by atoms with van der Waals surface area (Å²) in [7, 11) is -3.62. The first-order chi connectivity index (χ1) is 8.24. The minimum Gasteiger partial charge on any atom is -0.392 e. The Morgan fingerprint density at radius 1 is 1.44 bits per heavy atom. The smallest absolute Gasteiger partial charge is 0.241 e. The fourth-order valence-corrected chi connectivity index (χ4v) is 3.76. The number of sulfonamides is 1. The number of nitrogens with one attached hydrogen (secondary N) is 1. The normalized spacial score (nSPS) is 13.6. The minimum atomic E-state index is -3.62. The first-order valence-corrected chi connectivity index (χ1v) is 7.99. The molecule has 1 unspecified atom stereocenters. The first kappa shape index (κ1) is 15.6. The Labute approximate surface area is 121 Å². The molecule has 0 radical (unpaired) electrons. The van der Waals surface area contributed by atoms with E-state index >= 15 is 0 Å². The van der Waals surface area contributed by atoms with Gasteiger partial charge in [0.05, 0.1) is 15.9 Å². The van der Waals surface area contributed by atoms with Gasteiger partial charge in [0.2, 0.25) is 10.0 Å². The van der Waals surface area contributed by atoms with Gasteiger partial charge in [-0.1, -0.05) is 48.1 Å². The van der Waals surface area contributed by atoms with Crippen molar-refractivity contribution < 1.29 is 8.42 Å². The van der Waals surface area contributed by atoms with Crippen LogP contribution in [0.5, 0.6) is 0 Å². The molecule has 0 aliphatic heterocycles. The summed E-state index contributed by atoms with van der Waals surface area (Å²) in [4.78, 5) is 0.322. The molecule has 0 bridgehead atoms. The van der Waals surface area contributed by atoms with Crippen LogP contribution in [0.4, 0.5) is 0 Å².